The average Bonchev–Trinajstić information content (AvgIpc) is 3.15. The lowest BCUT2D eigenvalue weighted by Crippen LogP contribution is -2.50. The molecule has 2 aromatic heterocycles. The molecular weight excluding hydrogens is 449 g/mol. The van der Waals surface area contributed by atoms with E-state index in [0.717, 1.165) is 28.3 Å². The van der Waals surface area contributed by atoms with Crippen molar-refractivity contribution in [1.29, 1.82) is 0 Å². The molecule has 168 valence electrons. The molecule has 4 rings (SSSR count). The number of hydrogen-bond acceptors (Lipinski definition) is 4. The summed E-state index contributed by atoms with van der Waals surface area (Å²) in [5.74, 6) is -0.0850. The molecule has 32 heavy (non-hydrogen) atoms. The topological polar surface area (TPSA) is 70.8 Å². The standard InChI is InChI=1S/C23H25Cl2N5O2/c1-14-13-20-26-15(2)17(16(3)30(20)27-14)7-8-21(31)28-9-11-29(12-10-28)23(32)18-5-4-6-19(24)22(18)25/h4-6,13H,7-12H2,1-3H3. The van der Waals surface area contributed by atoms with E-state index in [9.17, 15) is 9.59 Å². The number of nitrogens with zero attached hydrogens (tertiary/aromatic N) is 5. The highest BCUT2D eigenvalue weighted by molar-refractivity contribution is 6.43. The summed E-state index contributed by atoms with van der Waals surface area (Å²) in [7, 11) is 0. The van der Waals surface area contributed by atoms with Gasteiger partial charge in [-0.15, -0.1) is 0 Å². The number of fused-ring (bicyclic) bond motifs is 1. The molecule has 1 aliphatic heterocycles. The van der Waals surface area contributed by atoms with E-state index < -0.39 is 0 Å². The van der Waals surface area contributed by atoms with Gasteiger partial charge in [-0.1, -0.05) is 29.3 Å². The molecule has 7 nitrogen and oxygen atoms in total. The Balaban J connectivity index is 1.37. The molecule has 1 aliphatic rings. The van der Waals surface area contributed by atoms with Crippen molar-refractivity contribution in [1.82, 2.24) is 24.4 Å². The zero-order valence-electron chi connectivity index (χ0n) is 18.4. The Hall–Kier alpha value is -2.64. The summed E-state index contributed by atoms with van der Waals surface area (Å²) >= 11 is 12.2. The van der Waals surface area contributed by atoms with Crippen molar-refractivity contribution in [3.05, 3.63) is 62.5 Å². The minimum Gasteiger partial charge on any atom is -0.339 e. The van der Waals surface area contributed by atoms with Gasteiger partial charge in [-0.25, -0.2) is 9.50 Å². The lowest BCUT2D eigenvalue weighted by molar-refractivity contribution is -0.132. The molecule has 0 aliphatic carbocycles. The molecule has 1 saturated heterocycles. The normalized spacial score (nSPS) is 14.3. The second-order valence-corrected chi connectivity index (χ2v) is 8.88. The van der Waals surface area contributed by atoms with Crippen LogP contribution in [0.5, 0.6) is 0 Å². The van der Waals surface area contributed by atoms with E-state index in [1.807, 2.05) is 36.3 Å². The van der Waals surface area contributed by atoms with Gasteiger partial charge >= 0.3 is 0 Å². The van der Waals surface area contributed by atoms with E-state index in [-0.39, 0.29) is 16.8 Å². The van der Waals surface area contributed by atoms with Crippen molar-refractivity contribution in [3.63, 3.8) is 0 Å². The second-order valence-electron chi connectivity index (χ2n) is 8.09. The fourth-order valence-electron chi connectivity index (χ4n) is 4.19. The molecular formula is C23H25Cl2N5O2. The highest BCUT2D eigenvalue weighted by Crippen LogP contribution is 2.27. The molecule has 0 radical (unpaired) electrons. The lowest BCUT2D eigenvalue weighted by Gasteiger charge is -2.35. The van der Waals surface area contributed by atoms with Crippen LogP contribution in [-0.2, 0) is 11.2 Å². The third-order valence-corrected chi connectivity index (χ3v) is 6.80. The lowest BCUT2D eigenvalue weighted by atomic mass is 10.1. The van der Waals surface area contributed by atoms with Gasteiger partial charge in [0.25, 0.3) is 5.91 Å². The van der Waals surface area contributed by atoms with E-state index in [0.29, 0.717) is 49.6 Å². The summed E-state index contributed by atoms with van der Waals surface area (Å²) in [6.07, 6.45) is 0.999. The monoisotopic (exact) mass is 473 g/mol. The number of piperazine rings is 1. The van der Waals surface area contributed by atoms with Gasteiger partial charge in [-0.3, -0.25) is 9.59 Å². The Morgan fingerprint density at radius 1 is 1.03 bits per heavy atom. The van der Waals surface area contributed by atoms with Gasteiger partial charge in [-0.05, 0) is 44.9 Å². The van der Waals surface area contributed by atoms with Crippen LogP contribution in [-0.4, -0.2) is 62.4 Å². The van der Waals surface area contributed by atoms with Gasteiger partial charge in [-0.2, -0.15) is 5.10 Å². The number of halogens is 2. The van der Waals surface area contributed by atoms with E-state index in [1.165, 1.54) is 0 Å². The summed E-state index contributed by atoms with van der Waals surface area (Å²) < 4.78 is 1.84. The van der Waals surface area contributed by atoms with E-state index >= 15 is 0 Å². The maximum absolute atomic E-state index is 12.8. The zero-order chi connectivity index (χ0) is 23.0. The van der Waals surface area contributed by atoms with Crippen molar-refractivity contribution >= 4 is 40.7 Å². The first kappa shape index (κ1) is 22.6. The predicted molar refractivity (Wildman–Crippen MR) is 124 cm³/mol. The van der Waals surface area contributed by atoms with Crippen molar-refractivity contribution in [2.24, 2.45) is 0 Å². The second kappa shape index (κ2) is 9.08. The molecule has 0 atom stereocenters. The summed E-state index contributed by atoms with van der Waals surface area (Å²) in [6, 6.07) is 6.99. The molecule has 0 unspecified atom stereocenters. The highest BCUT2D eigenvalue weighted by atomic mass is 35.5. The van der Waals surface area contributed by atoms with Crippen LogP contribution >= 0.6 is 23.2 Å². The van der Waals surface area contributed by atoms with Crippen molar-refractivity contribution < 1.29 is 9.59 Å². The molecule has 3 heterocycles. The summed E-state index contributed by atoms with van der Waals surface area (Å²) in [6.45, 7) is 7.85. The fraction of sp³-hybridized carbons (Fsp3) is 0.391. The number of aryl methyl sites for hydroxylation is 3. The first-order chi connectivity index (χ1) is 15.3. The predicted octanol–water partition coefficient (Wildman–Crippen LogP) is 3.88. The average molecular weight is 474 g/mol. The number of carbonyl (C=O) groups excluding carboxylic acids is 2. The zero-order valence-corrected chi connectivity index (χ0v) is 19.9. The molecule has 9 heteroatoms. The smallest absolute Gasteiger partial charge is 0.255 e. The number of hydrogen-bond donors (Lipinski definition) is 0. The maximum Gasteiger partial charge on any atom is 0.255 e. The molecule has 0 bridgehead atoms. The third-order valence-electron chi connectivity index (χ3n) is 5.98. The quantitative estimate of drug-likeness (QED) is 0.576. The van der Waals surface area contributed by atoms with Gasteiger partial charge in [0.05, 0.1) is 21.3 Å². The van der Waals surface area contributed by atoms with E-state index in [2.05, 4.69) is 10.1 Å². The van der Waals surface area contributed by atoms with Crippen LogP contribution in [0, 0.1) is 20.8 Å². The van der Waals surface area contributed by atoms with Crippen LogP contribution in [0.4, 0.5) is 0 Å². The number of carbonyl (C=O) groups is 2. The van der Waals surface area contributed by atoms with Crippen LogP contribution in [0.3, 0.4) is 0 Å². The molecule has 3 aromatic rings. The summed E-state index contributed by atoms with van der Waals surface area (Å²) in [5, 5.41) is 5.12. The maximum atomic E-state index is 12.8. The number of rotatable bonds is 4. The third kappa shape index (κ3) is 4.32. The van der Waals surface area contributed by atoms with Crippen molar-refractivity contribution in [3.8, 4) is 0 Å². The molecule has 2 amide bonds. The first-order valence-corrected chi connectivity index (χ1v) is 11.4. The number of aromatic nitrogens is 3. The molecule has 1 fully saturated rings. The largest absolute Gasteiger partial charge is 0.339 e. The number of amides is 2. The SMILES string of the molecule is Cc1cc2nc(C)c(CCC(=O)N3CCN(C(=O)c4cccc(Cl)c4Cl)CC3)c(C)n2n1. The van der Waals surface area contributed by atoms with Gasteiger partial charge in [0.2, 0.25) is 5.91 Å². The van der Waals surface area contributed by atoms with Crippen LogP contribution in [0.15, 0.2) is 24.3 Å². The Bertz CT molecular complexity index is 1200. The van der Waals surface area contributed by atoms with Crippen molar-refractivity contribution in [2.75, 3.05) is 26.2 Å². The molecule has 0 N–H and O–H groups in total. The van der Waals surface area contributed by atoms with Gasteiger partial charge in [0.1, 0.15) is 0 Å². The van der Waals surface area contributed by atoms with E-state index in [1.54, 1.807) is 23.1 Å². The van der Waals surface area contributed by atoms with Gasteiger partial charge in [0.15, 0.2) is 5.65 Å². The van der Waals surface area contributed by atoms with Gasteiger partial charge < -0.3 is 9.80 Å². The van der Waals surface area contributed by atoms with Crippen molar-refractivity contribution in [2.45, 2.75) is 33.6 Å². The highest BCUT2D eigenvalue weighted by Gasteiger charge is 2.26. The molecule has 0 saturated carbocycles. The van der Waals surface area contributed by atoms with Crippen LogP contribution in [0.2, 0.25) is 10.0 Å². The Kier molecular flexibility index (Phi) is 6.40. The minimum absolute atomic E-state index is 0.0772. The minimum atomic E-state index is -0.162. The molecule has 1 aromatic carbocycles. The van der Waals surface area contributed by atoms with Gasteiger partial charge in [0, 0.05) is 50.1 Å². The van der Waals surface area contributed by atoms with Crippen LogP contribution < -0.4 is 0 Å². The summed E-state index contributed by atoms with van der Waals surface area (Å²) in [4.78, 5) is 33.8. The van der Waals surface area contributed by atoms with E-state index in [4.69, 9.17) is 23.2 Å². The Morgan fingerprint density at radius 2 is 1.72 bits per heavy atom. The Morgan fingerprint density at radius 3 is 2.44 bits per heavy atom. The number of benzene rings is 1. The Labute approximate surface area is 196 Å². The van der Waals surface area contributed by atoms with Crippen LogP contribution in [0.1, 0.15) is 39.4 Å². The van der Waals surface area contributed by atoms with Crippen LogP contribution in [0.25, 0.3) is 5.65 Å². The summed E-state index contributed by atoms with van der Waals surface area (Å²) in [5.41, 5.74) is 5.13. The molecule has 0 spiro atoms. The fourth-order valence-corrected chi connectivity index (χ4v) is 4.57. The first-order valence-electron chi connectivity index (χ1n) is 10.6.